The molecule has 1 rings (SSSR count). The largest absolute Gasteiger partial charge is 0.317 e. The maximum absolute atomic E-state index is 3.52. The molecule has 3 atom stereocenters. The zero-order chi connectivity index (χ0) is 10.6. The van der Waals surface area contributed by atoms with Crippen LogP contribution in [0.5, 0.6) is 0 Å². The molecule has 0 saturated heterocycles. The smallest absolute Gasteiger partial charge is 0.00178 e. The molecule has 0 aromatic rings. The van der Waals surface area contributed by atoms with E-state index in [0.717, 1.165) is 30.2 Å². The molecule has 1 aliphatic carbocycles. The Balaban J connectivity index is 2.45. The van der Waals surface area contributed by atoms with E-state index in [-0.39, 0.29) is 0 Å². The first kappa shape index (κ1) is 12.0. The third-order valence-corrected chi connectivity index (χ3v) is 3.82. The first-order chi connectivity index (χ1) is 6.65. The summed E-state index contributed by atoms with van der Waals surface area (Å²) in [5.74, 6) is 3.71. The van der Waals surface area contributed by atoms with Gasteiger partial charge in [0.15, 0.2) is 0 Å². The van der Waals surface area contributed by atoms with Crippen LogP contribution < -0.4 is 5.32 Å². The quantitative estimate of drug-likeness (QED) is 0.729. The van der Waals surface area contributed by atoms with Crippen LogP contribution in [0.15, 0.2) is 0 Å². The van der Waals surface area contributed by atoms with Gasteiger partial charge in [0.05, 0.1) is 0 Å². The highest BCUT2D eigenvalue weighted by molar-refractivity contribution is 4.81. The van der Waals surface area contributed by atoms with E-state index in [1.807, 2.05) is 0 Å². The highest BCUT2D eigenvalue weighted by Crippen LogP contribution is 2.37. The summed E-state index contributed by atoms with van der Waals surface area (Å²) in [6, 6.07) is 0. The third-order valence-electron chi connectivity index (χ3n) is 3.82. The molecule has 1 N–H and O–H groups in total. The second-order valence-electron chi connectivity index (χ2n) is 5.39. The van der Waals surface area contributed by atoms with Gasteiger partial charge >= 0.3 is 0 Å². The summed E-state index contributed by atoms with van der Waals surface area (Å²) in [6.07, 6.45) is 4.34. The highest BCUT2D eigenvalue weighted by Gasteiger charge is 2.29. The number of hydrogen-bond acceptors (Lipinski definition) is 1. The van der Waals surface area contributed by atoms with Crippen molar-refractivity contribution in [2.45, 2.75) is 47.0 Å². The SMILES string of the molecule is CCNCC1CC(C)CCC1C(C)C. The minimum atomic E-state index is 0.867. The van der Waals surface area contributed by atoms with Gasteiger partial charge < -0.3 is 5.32 Å². The van der Waals surface area contributed by atoms with Gasteiger partial charge in [-0.3, -0.25) is 0 Å². The zero-order valence-corrected chi connectivity index (χ0v) is 10.3. The number of nitrogens with one attached hydrogen (secondary N) is 1. The molecule has 14 heavy (non-hydrogen) atoms. The summed E-state index contributed by atoms with van der Waals surface area (Å²) < 4.78 is 0. The summed E-state index contributed by atoms with van der Waals surface area (Å²) in [4.78, 5) is 0. The van der Waals surface area contributed by atoms with Crippen molar-refractivity contribution in [3.8, 4) is 0 Å². The van der Waals surface area contributed by atoms with Gasteiger partial charge in [-0.05, 0) is 49.6 Å². The fraction of sp³-hybridized carbons (Fsp3) is 1.00. The van der Waals surface area contributed by atoms with Gasteiger partial charge in [-0.2, -0.15) is 0 Å². The normalized spacial score (nSPS) is 33.6. The molecule has 1 aliphatic rings. The van der Waals surface area contributed by atoms with Crippen LogP contribution in [-0.2, 0) is 0 Å². The van der Waals surface area contributed by atoms with E-state index in [4.69, 9.17) is 0 Å². The fourth-order valence-corrected chi connectivity index (χ4v) is 2.96. The summed E-state index contributed by atoms with van der Waals surface area (Å²) in [6.45, 7) is 11.8. The van der Waals surface area contributed by atoms with Gasteiger partial charge in [-0.1, -0.05) is 34.1 Å². The lowest BCUT2D eigenvalue weighted by Crippen LogP contribution is -2.35. The molecule has 1 saturated carbocycles. The molecule has 0 bridgehead atoms. The highest BCUT2D eigenvalue weighted by atomic mass is 14.8. The van der Waals surface area contributed by atoms with E-state index in [0.29, 0.717) is 0 Å². The molecule has 1 nitrogen and oxygen atoms in total. The number of hydrogen-bond donors (Lipinski definition) is 1. The lowest BCUT2D eigenvalue weighted by molar-refractivity contribution is 0.142. The Bertz CT molecular complexity index is 153. The van der Waals surface area contributed by atoms with Crippen molar-refractivity contribution in [1.82, 2.24) is 5.32 Å². The Hall–Kier alpha value is -0.0400. The monoisotopic (exact) mass is 197 g/mol. The van der Waals surface area contributed by atoms with Crippen LogP contribution in [0.1, 0.15) is 47.0 Å². The van der Waals surface area contributed by atoms with Gasteiger partial charge in [0.2, 0.25) is 0 Å². The zero-order valence-electron chi connectivity index (χ0n) is 10.3. The molecule has 0 amide bonds. The fourth-order valence-electron chi connectivity index (χ4n) is 2.96. The van der Waals surface area contributed by atoms with E-state index in [1.54, 1.807) is 0 Å². The van der Waals surface area contributed by atoms with Crippen LogP contribution >= 0.6 is 0 Å². The molecule has 0 heterocycles. The lowest BCUT2D eigenvalue weighted by Gasteiger charge is -2.37. The van der Waals surface area contributed by atoms with Crippen molar-refractivity contribution in [2.24, 2.45) is 23.7 Å². The van der Waals surface area contributed by atoms with Crippen molar-refractivity contribution in [2.75, 3.05) is 13.1 Å². The van der Waals surface area contributed by atoms with E-state index in [1.165, 1.54) is 25.8 Å². The Morgan fingerprint density at radius 2 is 2.00 bits per heavy atom. The van der Waals surface area contributed by atoms with Crippen LogP contribution in [0.4, 0.5) is 0 Å². The van der Waals surface area contributed by atoms with Crippen molar-refractivity contribution in [1.29, 1.82) is 0 Å². The van der Waals surface area contributed by atoms with E-state index in [2.05, 4.69) is 33.0 Å². The predicted molar refractivity (Wildman–Crippen MR) is 63.4 cm³/mol. The molecule has 0 aromatic heterocycles. The third kappa shape index (κ3) is 3.27. The van der Waals surface area contributed by atoms with Gasteiger partial charge in [-0.25, -0.2) is 0 Å². The summed E-state index contributed by atoms with van der Waals surface area (Å²) in [5.41, 5.74) is 0. The maximum Gasteiger partial charge on any atom is -0.00178 e. The molecular formula is C13H27N. The Morgan fingerprint density at radius 3 is 2.57 bits per heavy atom. The van der Waals surface area contributed by atoms with E-state index < -0.39 is 0 Å². The Labute approximate surface area is 89.7 Å². The second kappa shape index (κ2) is 5.75. The van der Waals surface area contributed by atoms with Crippen molar-refractivity contribution < 1.29 is 0 Å². The predicted octanol–water partition coefficient (Wildman–Crippen LogP) is 3.30. The molecule has 0 aromatic carbocycles. The average molecular weight is 197 g/mol. The van der Waals surface area contributed by atoms with Gasteiger partial charge in [0.1, 0.15) is 0 Å². The van der Waals surface area contributed by atoms with Crippen LogP contribution in [-0.4, -0.2) is 13.1 Å². The first-order valence-electron chi connectivity index (χ1n) is 6.35. The summed E-state index contributed by atoms with van der Waals surface area (Å²) in [5, 5.41) is 3.52. The van der Waals surface area contributed by atoms with Crippen molar-refractivity contribution >= 4 is 0 Å². The van der Waals surface area contributed by atoms with Crippen LogP contribution in [0, 0.1) is 23.7 Å². The van der Waals surface area contributed by atoms with Crippen molar-refractivity contribution in [3.63, 3.8) is 0 Å². The standard InChI is InChI=1S/C13H27N/c1-5-14-9-12-8-11(4)6-7-13(12)10(2)3/h10-14H,5-9H2,1-4H3. The molecule has 1 fully saturated rings. The molecule has 1 heteroatoms. The average Bonchev–Trinajstić information content (AvgIpc) is 2.14. The Morgan fingerprint density at radius 1 is 1.29 bits per heavy atom. The van der Waals surface area contributed by atoms with Crippen molar-refractivity contribution in [3.05, 3.63) is 0 Å². The second-order valence-corrected chi connectivity index (χ2v) is 5.39. The van der Waals surface area contributed by atoms with E-state index >= 15 is 0 Å². The molecule has 0 aliphatic heterocycles. The molecular weight excluding hydrogens is 170 g/mol. The molecule has 84 valence electrons. The minimum absolute atomic E-state index is 0.867. The van der Waals surface area contributed by atoms with Gasteiger partial charge in [0, 0.05) is 0 Å². The topological polar surface area (TPSA) is 12.0 Å². The van der Waals surface area contributed by atoms with E-state index in [9.17, 15) is 0 Å². The lowest BCUT2D eigenvalue weighted by atomic mass is 9.70. The number of rotatable bonds is 4. The first-order valence-corrected chi connectivity index (χ1v) is 6.35. The van der Waals surface area contributed by atoms with Gasteiger partial charge in [-0.15, -0.1) is 0 Å². The van der Waals surface area contributed by atoms with Crippen LogP contribution in [0.3, 0.4) is 0 Å². The molecule has 3 unspecified atom stereocenters. The van der Waals surface area contributed by atoms with Gasteiger partial charge in [0.25, 0.3) is 0 Å². The van der Waals surface area contributed by atoms with Crippen LogP contribution in [0.25, 0.3) is 0 Å². The Kier molecular flexibility index (Phi) is 4.94. The molecule has 0 spiro atoms. The maximum atomic E-state index is 3.52. The minimum Gasteiger partial charge on any atom is -0.317 e. The summed E-state index contributed by atoms with van der Waals surface area (Å²) in [7, 11) is 0. The van der Waals surface area contributed by atoms with Crippen LogP contribution in [0.2, 0.25) is 0 Å². The summed E-state index contributed by atoms with van der Waals surface area (Å²) >= 11 is 0. The molecule has 0 radical (unpaired) electrons.